The molecule has 1 aliphatic heterocycles. The van der Waals surface area contributed by atoms with Crippen LogP contribution in [-0.4, -0.2) is 50.1 Å². The van der Waals surface area contributed by atoms with E-state index in [1.54, 1.807) is 25.8 Å². The van der Waals surface area contributed by atoms with Crippen LogP contribution in [0, 0.1) is 6.92 Å². The minimum absolute atomic E-state index is 0.0355. The van der Waals surface area contributed by atoms with E-state index in [9.17, 15) is 9.59 Å². The summed E-state index contributed by atoms with van der Waals surface area (Å²) < 4.78 is 1.95. The third-order valence-corrected chi connectivity index (χ3v) is 4.38. The highest BCUT2D eigenvalue weighted by Gasteiger charge is 2.39. The number of fused-ring (bicyclic) bond motifs is 1. The van der Waals surface area contributed by atoms with Crippen molar-refractivity contribution in [2.24, 2.45) is 0 Å². The third kappa shape index (κ3) is 2.24. The minimum atomic E-state index is -0.458. The van der Waals surface area contributed by atoms with E-state index in [0.717, 1.165) is 16.9 Å². The number of rotatable bonds is 2. The van der Waals surface area contributed by atoms with Gasteiger partial charge in [0, 0.05) is 19.4 Å². The lowest BCUT2D eigenvalue weighted by Crippen LogP contribution is -2.61. The molecule has 2 amide bonds. The Labute approximate surface area is 129 Å². The molecule has 0 aromatic carbocycles. The second-order valence-corrected chi connectivity index (χ2v) is 5.97. The number of carbonyl (C=O) groups excluding carboxylic acids is 2. The number of pyridine rings is 1. The first-order valence-electron chi connectivity index (χ1n) is 7.40. The van der Waals surface area contributed by atoms with E-state index in [2.05, 4.69) is 4.98 Å². The topological polar surface area (TPSA) is 57.9 Å². The van der Waals surface area contributed by atoms with E-state index in [0.29, 0.717) is 6.54 Å². The maximum atomic E-state index is 12.5. The lowest BCUT2D eigenvalue weighted by atomic mass is 10.1. The number of aromatic nitrogens is 2. The Bertz CT molecular complexity index is 752. The zero-order valence-electron chi connectivity index (χ0n) is 13.3. The summed E-state index contributed by atoms with van der Waals surface area (Å²) >= 11 is 0. The summed E-state index contributed by atoms with van der Waals surface area (Å²) in [5, 5.41) is 0. The summed E-state index contributed by atoms with van der Waals surface area (Å²) in [4.78, 5) is 32.3. The Kier molecular flexibility index (Phi) is 3.39. The van der Waals surface area contributed by atoms with Gasteiger partial charge in [0.15, 0.2) is 0 Å². The van der Waals surface area contributed by atoms with Crippen LogP contribution in [0.5, 0.6) is 0 Å². The van der Waals surface area contributed by atoms with Crippen LogP contribution in [-0.2, 0) is 16.1 Å². The van der Waals surface area contributed by atoms with Crippen molar-refractivity contribution in [3.8, 4) is 0 Å². The molecule has 0 saturated carbocycles. The normalized spacial score (nSPS) is 22.7. The van der Waals surface area contributed by atoms with Crippen molar-refractivity contribution < 1.29 is 9.59 Å². The average Bonchev–Trinajstić information content (AvgIpc) is 2.89. The molecular weight excluding hydrogens is 280 g/mol. The second kappa shape index (κ2) is 5.12. The molecule has 0 radical (unpaired) electrons. The fourth-order valence-corrected chi connectivity index (χ4v) is 2.84. The van der Waals surface area contributed by atoms with Gasteiger partial charge in [-0.3, -0.25) is 9.59 Å². The summed E-state index contributed by atoms with van der Waals surface area (Å²) in [7, 11) is 1.67. The summed E-state index contributed by atoms with van der Waals surface area (Å²) in [6.07, 6.45) is 3.91. The van der Waals surface area contributed by atoms with Crippen molar-refractivity contribution in [3.05, 3.63) is 35.8 Å². The van der Waals surface area contributed by atoms with Crippen LogP contribution in [0.4, 0.5) is 0 Å². The molecule has 3 heterocycles. The Morgan fingerprint density at radius 3 is 2.55 bits per heavy atom. The Morgan fingerprint density at radius 1 is 1.09 bits per heavy atom. The van der Waals surface area contributed by atoms with Crippen molar-refractivity contribution in [2.75, 3.05) is 7.05 Å². The first-order chi connectivity index (χ1) is 10.4. The first kappa shape index (κ1) is 14.6. The molecule has 1 fully saturated rings. The fraction of sp³-hybridized carbons (Fsp3) is 0.438. The molecule has 0 aliphatic carbocycles. The average molecular weight is 300 g/mol. The molecule has 0 unspecified atom stereocenters. The van der Waals surface area contributed by atoms with E-state index in [1.807, 2.05) is 35.9 Å². The molecule has 2 atom stereocenters. The molecule has 2 aromatic rings. The summed E-state index contributed by atoms with van der Waals surface area (Å²) in [5.41, 5.74) is 2.77. The van der Waals surface area contributed by atoms with Gasteiger partial charge in [-0.1, -0.05) is 6.07 Å². The molecule has 6 nitrogen and oxygen atoms in total. The fourth-order valence-electron chi connectivity index (χ4n) is 2.84. The van der Waals surface area contributed by atoms with Crippen LogP contribution in [0.3, 0.4) is 0 Å². The van der Waals surface area contributed by atoms with E-state index in [4.69, 9.17) is 0 Å². The van der Waals surface area contributed by atoms with Crippen LogP contribution in [0.2, 0.25) is 0 Å². The molecule has 22 heavy (non-hydrogen) atoms. The molecular formula is C16H20N4O2. The lowest BCUT2D eigenvalue weighted by Gasteiger charge is -2.40. The van der Waals surface area contributed by atoms with Crippen LogP contribution in [0.25, 0.3) is 5.65 Å². The molecule has 1 saturated heterocycles. The quantitative estimate of drug-likeness (QED) is 0.838. The lowest BCUT2D eigenvalue weighted by molar-refractivity contribution is -0.159. The standard InChI is InChI=1S/C16H20N4O2/c1-10-5-6-14-17-13(8-19(14)7-10)9-20-12(3)15(21)18(4)11(2)16(20)22/h5-8,11-12H,9H2,1-4H3/t11-,12-/m0/s1. The van der Waals surface area contributed by atoms with Gasteiger partial charge in [-0.25, -0.2) is 4.98 Å². The van der Waals surface area contributed by atoms with Crippen LogP contribution in [0.1, 0.15) is 25.1 Å². The first-order valence-corrected chi connectivity index (χ1v) is 7.40. The maximum Gasteiger partial charge on any atom is 0.246 e. The highest BCUT2D eigenvalue weighted by Crippen LogP contribution is 2.19. The second-order valence-electron chi connectivity index (χ2n) is 5.97. The number of imidazole rings is 1. The summed E-state index contributed by atoms with van der Waals surface area (Å²) in [5.74, 6) is -0.0745. The third-order valence-electron chi connectivity index (χ3n) is 4.38. The number of hydrogen-bond acceptors (Lipinski definition) is 3. The predicted molar refractivity (Wildman–Crippen MR) is 82.2 cm³/mol. The molecule has 0 N–H and O–H groups in total. The van der Waals surface area contributed by atoms with E-state index in [-0.39, 0.29) is 11.8 Å². The SMILES string of the molecule is Cc1ccc2nc(CN3C(=O)[C@H](C)N(C)C(=O)[C@@H]3C)cn2c1. The van der Waals surface area contributed by atoms with Gasteiger partial charge >= 0.3 is 0 Å². The van der Waals surface area contributed by atoms with Crippen molar-refractivity contribution in [3.63, 3.8) is 0 Å². The molecule has 0 bridgehead atoms. The zero-order valence-corrected chi connectivity index (χ0v) is 13.3. The Hall–Kier alpha value is -2.37. The van der Waals surface area contributed by atoms with Gasteiger partial charge in [-0.05, 0) is 32.4 Å². The van der Waals surface area contributed by atoms with Crippen molar-refractivity contribution in [2.45, 2.75) is 39.4 Å². The highest BCUT2D eigenvalue weighted by molar-refractivity contribution is 5.96. The van der Waals surface area contributed by atoms with Crippen LogP contribution < -0.4 is 0 Å². The highest BCUT2D eigenvalue weighted by atomic mass is 16.2. The smallest absolute Gasteiger partial charge is 0.246 e. The monoisotopic (exact) mass is 300 g/mol. The molecule has 6 heteroatoms. The largest absolute Gasteiger partial charge is 0.332 e. The summed E-state index contributed by atoms with van der Waals surface area (Å²) in [6.45, 7) is 5.89. The van der Waals surface area contributed by atoms with Crippen molar-refractivity contribution >= 4 is 17.5 Å². The van der Waals surface area contributed by atoms with Gasteiger partial charge in [0.25, 0.3) is 0 Å². The Balaban J connectivity index is 1.89. The Morgan fingerprint density at radius 2 is 1.82 bits per heavy atom. The molecule has 1 aliphatic rings. The maximum absolute atomic E-state index is 12.5. The van der Waals surface area contributed by atoms with Gasteiger partial charge < -0.3 is 14.2 Å². The van der Waals surface area contributed by atoms with Gasteiger partial charge in [0.05, 0.1) is 12.2 Å². The minimum Gasteiger partial charge on any atom is -0.332 e. The van der Waals surface area contributed by atoms with Gasteiger partial charge in [-0.2, -0.15) is 0 Å². The van der Waals surface area contributed by atoms with E-state index < -0.39 is 12.1 Å². The number of aryl methyl sites for hydroxylation is 1. The number of amides is 2. The number of carbonyl (C=O) groups is 2. The number of nitrogens with zero attached hydrogens (tertiary/aromatic N) is 4. The van der Waals surface area contributed by atoms with Crippen LogP contribution in [0.15, 0.2) is 24.5 Å². The number of piperazine rings is 1. The number of hydrogen-bond donors (Lipinski definition) is 0. The molecule has 2 aromatic heterocycles. The van der Waals surface area contributed by atoms with Gasteiger partial charge in [0.2, 0.25) is 11.8 Å². The predicted octanol–water partition coefficient (Wildman–Crippen LogP) is 1.22. The van der Waals surface area contributed by atoms with Crippen molar-refractivity contribution in [1.82, 2.24) is 19.2 Å². The number of likely N-dealkylation sites (N-methyl/N-ethyl adjacent to an activating group) is 1. The molecule has 0 spiro atoms. The van der Waals surface area contributed by atoms with Crippen molar-refractivity contribution in [1.29, 1.82) is 0 Å². The summed E-state index contributed by atoms with van der Waals surface area (Å²) in [6, 6.07) is 3.06. The molecule has 116 valence electrons. The van der Waals surface area contributed by atoms with Gasteiger partial charge in [-0.15, -0.1) is 0 Å². The van der Waals surface area contributed by atoms with E-state index >= 15 is 0 Å². The molecule has 3 rings (SSSR count). The van der Waals surface area contributed by atoms with Crippen LogP contribution >= 0.6 is 0 Å². The van der Waals surface area contributed by atoms with Gasteiger partial charge in [0.1, 0.15) is 17.7 Å². The van der Waals surface area contributed by atoms with E-state index in [1.165, 1.54) is 4.90 Å². The zero-order chi connectivity index (χ0) is 16.0.